The topological polar surface area (TPSA) is 24.9 Å². The largest absolute Gasteiger partial charge is 0.374 e. The molecule has 1 rings (SSSR count). The van der Waals surface area contributed by atoms with Crippen molar-refractivity contribution in [2.24, 2.45) is 0 Å². The summed E-state index contributed by atoms with van der Waals surface area (Å²) < 4.78 is 0.870. The molecule has 0 bridgehead atoms. The third-order valence-corrected chi connectivity index (χ3v) is 4.68. The van der Waals surface area contributed by atoms with Crippen LogP contribution in [0.25, 0.3) is 0 Å². The van der Waals surface area contributed by atoms with Gasteiger partial charge in [-0.1, -0.05) is 30.0 Å². The zero-order valence-corrected chi connectivity index (χ0v) is 12.0. The van der Waals surface area contributed by atoms with Gasteiger partial charge in [0.1, 0.15) is 4.32 Å². The van der Waals surface area contributed by atoms with E-state index < -0.39 is 0 Å². The lowest BCUT2D eigenvalue weighted by molar-refractivity contribution is 1.13. The third-order valence-electron chi connectivity index (χ3n) is 2.02. The summed E-state index contributed by atoms with van der Waals surface area (Å²) in [5, 5.41) is 2.96. The van der Waals surface area contributed by atoms with Gasteiger partial charge in [0.05, 0.1) is 5.69 Å². The van der Waals surface area contributed by atoms with E-state index in [1.54, 1.807) is 11.8 Å². The summed E-state index contributed by atoms with van der Waals surface area (Å²) in [4.78, 5) is 4.36. The standard InChI is InChI=1S/C11H16N2S3/c1-9-4-3-5-13-10(9)8-15-6-7-16-11(14)12-2/h3-5H,6-8H2,1-2H3,(H,12,14). The van der Waals surface area contributed by atoms with E-state index in [0.29, 0.717) is 0 Å². The molecule has 1 aromatic heterocycles. The highest BCUT2D eigenvalue weighted by Crippen LogP contribution is 2.15. The quantitative estimate of drug-likeness (QED) is 0.656. The number of hydrogen-bond donors (Lipinski definition) is 1. The highest BCUT2D eigenvalue weighted by atomic mass is 32.2. The Kier molecular flexibility index (Phi) is 6.84. The Morgan fingerprint density at radius 1 is 1.50 bits per heavy atom. The number of aromatic nitrogens is 1. The zero-order chi connectivity index (χ0) is 11.8. The van der Waals surface area contributed by atoms with Crippen LogP contribution in [0.5, 0.6) is 0 Å². The Bertz CT molecular complexity index is 342. The summed E-state index contributed by atoms with van der Waals surface area (Å²) in [5.74, 6) is 3.14. The van der Waals surface area contributed by atoms with Gasteiger partial charge in [-0.3, -0.25) is 4.98 Å². The van der Waals surface area contributed by atoms with Crippen molar-refractivity contribution in [3.63, 3.8) is 0 Å². The lowest BCUT2D eigenvalue weighted by atomic mass is 10.2. The molecule has 0 amide bonds. The van der Waals surface area contributed by atoms with Crippen LogP contribution in [0, 0.1) is 6.92 Å². The summed E-state index contributed by atoms with van der Waals surface area (Å²) in [6.45, 7) is 2.10. The van der Waals surface area contributed by atoms with Gasteiger partial charge in [0.25, 0.3) is 0 Å². The molecule has 0 radical (unpaired) electrons. The molecule has 5 heteroatoms. The van der Waals surface area contributed by atoms with Gasteiger partial charge < -0.3 is 5.32 Å². The van der Waals surface area contributed by atoms with Crippen molar-refractivity contribution in [2.45, 2.75) is 12.7 Å². The fourth-order valence-electron chi connectivity index (χ4n) is 1.10. The normalized spacial score (nSPS) is 10.1. The van der Waals surface area contributed by atoms with Gasteiger partial charge in [-0.05, 0) is 18.6 Å². The first-order valence-electron chi connectivity index (χ1n) is 5.06. The van der Waals surface area contributed by atoms with E-state index >= 15 is 0 Å². The molecular weight excluding hydrogens is 256 g/mol. The Morgan fingerprint density at radius 3 is 3.00 bits per heavy atom. The molecule has 0 atom stereocenters. The van der Waals surface area contributed by atoms with Crippen molar-refractivity contribution < 1.29 is 0 Å². The molecule has 1 N–H and O–H groups in total. The van der Waals surface area contributed by atoms with E-state index in [0.717, 1.165) is 21.6 Å². The first-order valence-corrected chi connectivity index (χ1v) is 7.61. The second-order valence-corrected chi connectivity index (χ2v) is 6.08. The number of hydrogen-bond acceptors (Lipinski definition) is 4. The smallest absolute Gasteiger partial charge is 0.133 e. The van der Waals surface area contributed by atoms with E-state index in [9.17, 15) is 0 Å². The summed E-state index contributed by atoms with van der Waals surface area (Å²) >= 11 is 8.65. The van der Waals surface area contributed by atoms with Gasteiger partial charge in [-0.25, -0.2) is 0 Å². The number of nitrogens with one attached hydrogen (secondary N) is 1. The van der Waals surface area contributed by atoms with Crippen LogP contribution in [-0.4, -0.2) is 27.9 Å². The second-order valence-electron chi connectivity index (χ2n) is 3.21. The number of thioether (sulfide) groups is 2. The fraction of sp³-hybridized carbons (Fsp3) is 0.455. The summed E-state index contributed by atoms with van der Waals surface area (Å²) in [5.41, 5.74) is 2.46. The second kappa shape index (κ2) is 7.92. The lowest BCUT2D eigenvalue weighted by Crippen LogP contribution is -2.11. The van der Waals surface area contributed by atoms with E-state index in [2.05, 4.69) is 23.3 Å². The van der Waals surface area contributed by atoms with Crippen molar-refractivity contribution in [2.75, 3.05) is 18.6 Å². The van der Waals surface area contributed by atoms with Crippen molar-refractivity contribution in [1.82, 2.24) is 10.3 Å². The van der Waals surface area contributed by atoms with Crippen LogP contribution in [0.1, 0.15) is 11.3 Å². The molecular formula is C11H16N2S3. The van der Waals surface area contributed by atoms with Gasteiger partial charge in [0, 0.05) is 30.5 Å². The number of aryl methyl sites for hydroxylation is 1. The molecule has 0 unspecified atom stereocenters. The van der Waals surface area contributed by atoms with Crippen molar-refractivity contribution in [1.29, 1.82) is 0 Å². The number of pyridine rings is 1. The molecule has 0 saturated heterocycles. The summed E-state index contributed by atoms with van der Waals surface area (Å²) in [6.07, 6.45) is 1.85. The Hall–Kier alpha value is -0.260. The molecule has 0 aromatic carbocycles. The van der Waals surface area contributed by atoms with Crippen LogP contribution in [0.15, 0.2) is 18.3 Å². The summed E-state index contributed by atoms with van der Waals surface area (Å²) in [7, 11) is 1.86. The first-order chi connectivity index (χ1) is 7.74. The van der Waals surface area contributed by atoms with Gasteiger partial charge in [0.2, 0.25) is 0 Å². The molecule has 88 valence electrons. The molecule has 0 aliphatic carbocycles. The van der Waals surface area contributed by atoms with Gasteiger partial charge in [-0.15, -0.1) is 0 Å². The van der Waals surface area contributed by atoms with Crippen LogP contribution < -0.4 is 5.32 Å². The minimum absolute atomic E-state index is 0.870. The minimum Gasteiger partial charge on any atom is -0.374 e. The van der Waals surface area contributed by atoms with E-state index in [-0.39, 0.29) is 0 Å². The highest BCUT2D eigenvalue weighted by molar-refractivity contribution is 8.23. The van der Waals surface area contributed by atoms with Crippen LogP contribution in [0.3, 0.4) is 0 Å². The monoisotopic (exact) mass is 272 g/mol. The predicted octanol–water partition coefficient (Wildman–Crippen LogP) is 2.86. The highest BCUT2D eigenvalue weighted by Gasteiger charge is 1.99. The molecule has 1 aromatic rings. The van der Waals surface area contributed by atoms with Gasteiger partial charge in [0.15, 0.2) is 0 Å². The third kappa shape index (κ3) is 5.18. The van der Waals surface area contributed by atoms with Crippen LogP contribution in [-0.2, 0) is 5.75 Å². The van der Waals surface area contributed by atoms with E-state index in [1.807, 2.05) is 31.1 Å². The average Bonchev–Trinajstić information content (AvgIpc) is 2.30. The van der Waals surface area contributed by atoms with Crippen molar-refractivity contribution in [3.8, 4) is 0 Å². The summed E-state index contributed by atoms with van der Waals surface area (Å²) in [6, 6.07) is 4.08. The Morgan fingerprint density at radius 2 is 2.31 bits per heavy atom. The van der Waals surface area contributed by atoms with Crippen LogP contribution in [0.2, 0.25) is 0 Å². The predicted molar refractivity (Wildman–Crippen MR) is 79.3 cm³/mol. The van der Waals surface area contributed by atoms with E-state index in [4.69, 9.17) is 12.2 Å². The van der Waals surface area contributed by atoms with Gasteiger partial charge >= 0.3 is 0 Å². The van der Waals surface area contributed by atoms with Crippen molar-refractivity contribution >= 4 is 40.1 Å². The molecule has 0 fully saturated rings. The number of thiocarbonyl (C=S) groups is 1. The SMILES string of the molecule is CNC(=S)SCCSCc1ncccc1C. The maximum Gasteiger partial charge on any atom is 0.133 e. The minimum atomic E-state index is 0.870. The molecule has 2 nitrogen and oxygen atoms in total. The Labute approximate surface area is 111 Å². The maximum atomic E-state index is 5.05. The average molecular weight is 272 g/mol. The van der Waals surface area contributed by atoms with Crippen molar-refractivity contribution in [3.05, 3.63) is 29.6 Å². The first kappa shape index (κ1) is 13.8. The fourth-order valence-corrected chi connectivity index (χ4v) is 3.13. The molecule has 0 aliphatic heterocycles. The number of nitrogens with zero attached hydrogens (tertiary/aromatic N) is 1. The Balaban J connectivity index is 2.17. The van der Waals surface area contributed by atoms with Gasteiger partial charge in [-0.2, -0.15) is 11.8 Å². The lowest BCUT2D eigenvalue weighted by Gasteiger charge is -2.04. The molecule has 0 aliphatic rings. The molecule has 16 heavy (non-hydrogen) atoms. The van der Waals surface area contributed by atoms with Crippen LogP contribution in [0.4, 0.5) is 0 Å². The maximum absolute atomic E-state index is 5.05. The van der Waals surface area contributed by atoms with Crippen LogP contribution >= 0.6 is 35.7 Å². The number of rotatable bonds is 5. The molecule has 0 spiro atoms. The molecule has 0 saturated carbocycles. The van der Waals surface area contributed by atoms with E-state index in [1.165, 1.54) is 11.3 Å². The molecule has 1 heterocycles. The zero-order valence-electron chi connectivity index (χ0n) is 9.53.